The van der Waals surface area contributed by atoms with Gasteiger partial charge in [-0.3, -0.25) is 4.57 Å². The molecule has 0 fully saturated rings. The first-order valence-electron chi connectivity index (χ1n) is 11.2. The van der Waals surface area contributed by atoms with Gasteiger partial charge in [0.1, 0.15) is 11.4 Å². The van der Waals surface area contributed by atoms with E-state index >= 15 is 0 Å². The molecular formula is C27H25F3N2O3S. The van der Waals surface area contributed by atoms with Crippen LogP contribution in [0.4, 0.5) is 13.2 Å². The van der Waals surface area contributed by atoms with Crippen molar-refractivity contribution in [2.75, 3.05) is 5.75 Å². The maximum atomic E-state index is 13.8. The van der Waals surface area contributed by atoms with Gasteiger partial charge in [0.25, 0.3) is 0 Å². The number of sulfone groups is 1. The van der Waals surface area contributed by atoms with E-state index in [1.165, 1.54) is 54.9 Å². The molecule has 0 bridgehead atoms. The standard InChI is InChI=1S/C27H25F3N2O3S/c1-4-36(34,35)21-14-12-18(13-15-21)19-8-7-9-20(16-19)32-17-24(26(2,3)33)31-25(32)22-10-5-6-11-23(22)27(28,29)30/h5-17,33H,4H2,1-3H3. The van der Waals surface area contributed by atoms with Crippen LogP contribution in [0.15, 0.2) is 83.9 Å². The number of hydrogen-bond donors (Lipinski definition) is 1. The summed E-state index contributed by atoms with van der Waals surface area (Å²) in [7, 11) is -3.34. The van der Waals surface area contributed by atoms with E-state index in [0.29, 0.717) is 5.69 Å². The zero-order valence-corrected chi connectivity index (χ0v) is 20.7. The van der Waals surface area contributed by atoms with Gasteiger partial charge in [-0.15, -0.1) is 0 Å². The number of aliphatic hydroxyl groups is 1. The molecular weight excluding hydrogens is 489 g/mol. The van der Waals surface area contributed by atoms with Gasteiger partial charge in [-0.2, -0.15) is 13.2 Å². The molecule has 4 rings (SSSR count). The van der Waals surface area contributed by atoms with Crippen molar-refractivity contribution in [3.05, 3.63) is 90.3 Å². The van der Waals surface area contributed by atoms with E-state index in [9.17, 15) is 26.7 Å². The smallest absolute Gasteiger partial charge is 0.384 e. The van der Waals surface area contributed by atoms with E-state index in [4.69, 9.17) is 0 Å². The molecule has 0 aliphatic heterocycles. The maximum Gasteiger partial charge on any atom is 0.417 e. The minimum Gasteiger partial charge on any atom is -0.384 e. The van der Waals surface area contributed by atoms with Crippen LogP contribution < -0.4 is 0 Å². The fraction of sp³-hybridized carbons (Fsp3) is 0.222. The third kappa shape index (κ3) is 5.08. The molecule has 1 heterocycles. The van der Waals surface area contributed by atoms with Crippen molar-refractivity contribution >= 4 is 9.84 Å². The Labute approximate surface area is 207 Å². The highest BCUT2D eigenvalue weighted by Crippen LogP contribution is 2.38. The molecule has 0 radical (unpaired) electrons. The van der Waals surface area contributed by atoms with Gasteiger partial charge >= 0.3 is 6.18 Å². The van der Waals surface area contributed by atoms with Crippen LogP contribution in [0.5, 0.6) is 0 Å². The van der Waals surface area contributed by atoms with Gasteiger partial charge in [0.05, 0.1) is 21.9 Å². The summed E-state index contributed by atoms with van der Waals surface area (Å²) in [5.41, 5.74) is -0.0935. The van der Waals surface area contributed by atoms with Crippen molar-refractivity contribution in [3.8, 4) is 28.2 Å². The number of hydrogen-bond acceptors (Lipinski definition) is 4. The van der Waals surface area contributed by atoms with Crippen molar-refractivity contribution < 1.29 is 26.7 Å². The second-order valence-electron chi connectivity index (χ2n) is 8.90. The molecule has 1 aromatic heterocycles. The quantitative estimate of drug-likeness (QED) is 0.330. The van der Waals surface area contributed by atoms with Crippen LogP contribution in [0.3, 0.4) is 0 Å². The van der Waals surface area contributed by atoms with E-state index in [-0.39, 0.29) is 27.7 Å². The molecule has 0 saturated carbocycles. The lowest BCUT2D eigenvalue weighted by Gasteiger charge is -2.15. The van der Waals surface area contributed by atoms with Crippen molar-refractivity contribution in [2.24, 2.45) is 0 Å². The van der Waals surface area contributed by atoms with E-state index in [1.807, 2.05) is 6.07 Å². The molecule has 4 aromatic rings. The van der Waals surface area contributed by atoms with Crippen LogP contribution >= 0.6 is 0 Å². The van der Waals surface area contributed by atoms with Gasteiger partial charge in [-0.25, -0.2) is 13.4 Å². The third-order valence-electron chi connectivity index (χ3n) is 5.86. The van der Waals surface area contributed by atoms with Crippen LogP contribution in [0.1, 0.15) is 32.0 Å². The summed E-state index contributed by atoms with van der Waals surface area (Å²) in [6.07, 6.45) is -3.07. The molecule has 36 heavy (non-hydrogen) atoms. The zero-order valence-electron chi connectivity index (χ0n) is 19.9. The highest BCUT2D eigenvalue weighted by Gasteiger charge is 2.35. The van der Waals surface area contributed by atoms with Gasteiger partial charge in [-0.05, 0) is 55.3 Å². The Balaban J connectivity index is 1.86. The maximum absolute atomic E-state index is 13.8. The van der Waals surface area contributed by atoms with Gasteiger partial charge in [-0.1, -0.05) is 49.4 Å². The lowest BCUT2D eigenvalue weighted by Crippen LogP contribution is -2.15. The van der Waals surface area contributed by atoms with E-state index in [2.05, 4.69) is 4.98 Å². The molecule has 0 unspecified atom stereocenters. The molecule has 0 aliphatic rings. The molecule has 0 atom stereocenters. The fourth-order valence-corrected chi connectivity index (χ4v) is 4.73. The molecule has 5 nitrogen and oxygen atoms in total. The summed E-state index contributed by atoms with van der Waals surface area (Å²) < 4.78 is 67.2. The van der Waals surface area contributed by atoms with Crippen LogP contribution in [0.25, 0.3) is 28.2 Å². The van der Waals surface area contributed by atoms with Crippen LogP contribution in [0.2, 0.25) is 0 Å². The summed E-state index contributed by atoms with van der Waals surface area (Å²) in [6, 6.07) is 18.7. The summed E-state index contributed by atoms with van der Waals surface area (Å²) in [4.78, 5) is 4.62. The molecule has 1 N–H and O–H groups in total. The number of halogens is 3. The summed E-state index contributed by atoms with van der Waals surface area (Å²) in [6.45, 7) is 4.61. The lowest BCUT2D eigenvalue weighted by atomic mass is 10.0. The molecule has 9 heteroatoms. The highest BCUT2D eigenvalue weighted by molar-refractivity contribution is 7.91. The minimum absolute atomic E-state index is 0.00578. The van der Waals surface area contributed by atoms with Gasteiger partial charge in [0.2, 0.25) is 0 Å². The Hall–Kier alpha value is -3.43. The number of benzene rings is 3. The van der Waals surface area contributed by atoms with E-state index < -0.39 is 27.2 Å². The topological polar surface area (TPSA) is 72.2 Å². The lowest BCUT2D eigenvalue weighted by molar-refractivity contribution is -0.137. The summed E-state index contributed by atoms with van der Waals surface area (Å²) in [5, 5.41) is 10.5. The summed E-state index contributed by atoms with van der Waals surface area (Å²) >= 11 is 0. The Bertz CT molecular complexity index is 1500. The Kier molecular flexibility index (Phi) is 6.57. The van der Waals surface area contributed by atoms with E-state index in [0.717, 1.165) is 17.2 Å². The van der Waals surface area contributed by atoms with Crippen molar-refractivity contribution in [2.45, 2.75) is 37.4 Å². The minimum atomic E-state index is -4.59. The normalized spacial score (nSPS) is 12.6. The third-order valence-corrected chi connectivity index (χ3v) is 7.61. The predicted molar refractivity (Wildman–Crippen MR) is 132 cm³/mol. The molecule has 188 valence electrons. The van der Waals surface area contributed by atoms with Crippen molar-refractivity contribution in [1.29, 1.82) is 0 Å². The molecule has 0 saturated heterocycles. The first-order chi connectivity index (χ1) is 16.8. The molecule has 0 aliphatic carbocycles. The molecule has 3 aromatic carbocycles. The second kappa shape index (κ2) is 9.22. The Morgan fingerprint density at radius 3 is 2.19 bits per heavy atom. The van der Waals surface area contributed by atoms with Crippen molar-refractivity contribution in [3.63, 3.8) is 0 Å². The SMILES string of the molecule is CCS(=O)(=O)c1ccc(-c2cccc(-n3cc(C(C)(C)O)nc3-c3ccccc3C(F)(F)F)c2)cc1. The van der Waals surface area contributed by atoms with E-state index in [1.54, 1.807) is 37.3 Å². The average Bonchev–Trinajstić information content (AvgIpc) is 3.30. The van der Waals surface area contributed by atoms with Crippen LogP contribution in [-0.4, -0.2) is 28.8 Å². The second-order valence-corrected chi connectivity index (χ2v) is 11.2. The number of aromatic nitrogens is 2. The fourth-order valence-electron chi connectivity index (χ4n) is 3.84. The van der Waals surface area contributed by atoms with Gasteiger partial charge in [0.15, 0.2) is 9.84 Å². The Morgan fingerprint density at radius 2 is 1.58 bits per heavy atom. The van der Waals surface area contributed by atoms with Crippen LogP contribution in [-0.2, 0) is 21.6 Å². The monoisotopic (exact) mass is 514 g/mol. The average molecular weight is 515 g/mol. The summed E-state index contributed by atoms with van der Waals surface area (Å²) in [5.74, 6) is 0.0374. The predicted octanol–water partition coefficient (Wildman–Crippen LogP) is 6.25. The first kappa shape index (κ1) is 25.7. The van der Waals surface area contributed by atoms with Crippen LogP contribution in [0, 0.1) is 0 Å². The number of rotatable bonds is 6. The van der Waals surface area contributed by atoms with Gasteiger partial charge in [0, 0.05) is 17.4 Å². The largest absolute Gasteiger partial charge is 0.417 e. The first-order valence-corrected chi connectivity index (χ1v) is 12.9. The number of nitrogens with zero attached hydrogens (tertiary/aromatic N) is 2. The van der Waals surface area contributed by atoms with Crippen molar-refractivity contribution in [1.82, 2.24) is 9.55 Å². The molecule has 0 spiro atoms. The number of imidazole rings is 1. The molecule has 0 amide bonds. The Morgan fingerprint density at radius 1 is 0.917 bits per heavy atom. The highest BCUT2D eigenvalue weighted by atomic mass is 32.2. The number of alkyl halides is 3. The van der Waals surface area contributed by atoms with Gasteiger partial charge < -0.3 is 5.11 Å². The zero-order chi connectivity index (χ0) is 26.3.